The number of ether oxygens (including phenoxy) is 1. The van der Waals surface area contributed by atoms with Crippen LogP contribution in [0.15, 0.2) is 30.3 Å². The largest absolute Gasteiger partial charge is 0.460 e. The van der Waals surface area contributed by atoms with Gasteiger partial charge in [-0.15, -0.1) is 0 Å². The maximum Gasteiger partial charge on any atom is 0.325 e. The Morgan fingerprint density at radius 2 is 2.12 bits per heavy atom. The summed E-state index contributed by atoms with van der Waals surface area (Å²) in [6, 6.07) is 8.84. The molecule has 0 saturated carbocycles. The number of esters is 1. The summed E-state index contributed by atoms with van der Waals surface area (Å²) in [5, 5.41) is 8.87. The third-order valence-electron chi connectivity index (χ3n) is 2.51. The minimum absolute atomic E-state index is 0.240. The number of unbranched alkanes of at least 4 members (excludes halogenated alkanes) is 1. The van der Waals surface area contributed by atoms with Crippen molar-refractivity contribution in [1.82, 2.24) is 5.48 Å². The van der Waals surface area contributed by atoms with Crippen molar-refractivity contribution in [2.24, 2.45) is 0 Å². The molecular formula is C13H19NO3. The fourth-order valence-electron chi connectivity index (χ4n) is 1.47. The van der Waals surface area contributed by atoms with Crippen molar-refractivity contribution in [3.05, 3.63) is 35.9 Å². The molecule has 0 fully saturated rings. The Hall–Kier alpha value is -1.39. The fraction of sp³-hybridized carbons (Fsp3) is 0.462. The van der Waals surface area contributed by atoms with E-state index >= 15 is 0 Å². The fourth-order valence-corrected chi connectivity index (χ4v) is 1.47. The summed E-state index contributed by atoms with van der Waals surface area (Å²) < 4.78 is 5.12. The molecule has 0 aromatic heterocycles. The van der Waals surface area contributed by atoms with Gasteiger partial charge in [-0.3, -0.25) is 4.79 Å². The molecule has 4 heteroatoms. The van der Waals surface area contributed by atoms with Crippen LogP contribution in [0, 0.1) is 0 Å². The smallest absolute Gasteiger partial charge is 0.325 e. The molecule has 0 aliphatic carbocycles. The molecule has 4 nitrogen and oxygen atoms in total. The van der Waals surface area contributed by atoms with E-state index in [0.29, 0.717) is 6.42 Å². The lowest BCUT2D eigenvalue weighted by Gasteiger charge is -2.13. The SMILES string of the molecule is CCCC[C@H](NO)C(=O)OCc1ccccc1. The lowest BCUT2D eigenvalue weighted by molar-refractivity contribution is -0.150. The molecule has 0 radical (unpaired) electrons. The first-order valence-corrected chi connectivity index (χ1v) is 5.88. The molecule has 2 N–H and O–H groups in total. The number of benzene rings is 1. The average Bonchev–Trinajstić information content (AvgIpc) is 2.38. The van der Waals surface area contributed by atoms with Gasteiger partial charge in [0.2, 0.25) is 0 Å². The molecule has 0 bridgehead atoms. The van der Waals surface area contributed by atoms with E-state index in [1.807, 2.05) is 42.7 Å². The van der Waals surface area contributed by atoms with Crippen molar-refractivity contribution >= 4 is 5.97 Å². The molecule has 0 spiro atoms. The van der Waals surface area contributed by atoms with E-state index in [4.69, 9.17) is 9.94 Å². The second kappa shape index (κ2) is 7.81. The van der Waals surface area contributed by atoms with Crippen LogP contribution in [-0.4, -0.2) is 17.2 Å². The van der Waals surface area contributed by atoms with Crippen LogP contribution in [-0.2, 0) is 16.1 Å². The van der Waals surface area contributed by atoms with Crippen molar-refractivity contribution in [3.63, 3.8) is 0 Å². The maximum atomic E-state index is 11.6. The maximum absolute atomic E-state index is 11.6. The van der Waals surface area contributed by atoms with Gasteiger partial charge in [-0.1, -0.05) is 50.1 Å². The van der Waals surface area contributed by atoms with E-state index in [2.05, 4.69) is 0 Å². The second-order valence-electron chi connectivity index (χ2n) is 3.92. The topological polar surface area (TPSA) is 58.6 Å². The third kappa shape index (κ3) is 4.97. The summed E-state index contributed by atoms with van der Waals surface area (Å²) in [7, 11) is 0. The van der Waals surface area contributed by atoms with Crippen LogP contribution in [0.5, 0.6) is 0 Å². The first-order valence-electron chi connectivity index (χ1n) is 5.88. The first kappa shape index (κ1) is 13.7. The minimum atomic E-state index is -0.626. The lowest BCUT2D eigenvalue weighted by Crippen LogP contribution is -2.35. The number of hydrogen-bond donors (Lipinski definition) is 2. The predicted molar refractivity (Wildman–Crippen MR) is 64.5 cm³/mol. The summed E-state index contributed by atoms with van der Waals surface area (Å²) in [6.45, 7) is 2.27. The molecule has 1 rings (SSSR count). The molecule has 17 heavy (non-hydrogen) atoms. The summed E-state index contributed by atoms with van der Waals surface area (Å²) >= 11 is 0. The summed E-state index contributed by atoms with van der Waals surface area (Å²) in [5.74, 6) is -0.412. The van der Waals surface area contributed by atoms with Crippen LogP contribution in [0.4, 0.5) is 0 Å². The van der Waals surface area contributed by atoms with Gasteiger partial charge >= 0.3 is 5.97 Å². The minimum Gasteiger partial charge on any atom is -0.460 e. The summed E-state index contributed by atoms with van der Waals surface area (Å²) in [5.41, 5.74) is 2.94. The molecule has 0 heterocycles. The van der Waals surface area contributed by atoms with Crippen LogP contribution in [0.1, 0.15) is 31.7 Å². The molecule has 0 unspecified atom stereocenters. The van der Waals surface area contributed by atoms with Crippen LogP contribution in [0.25, 0.3) is 0 Å². The van der Waals surface area contributed by atoms with Crippen molar-refractivity contribution in [1.29, 1.82) is 0 Å². The first-order chi connectivity index (χ1) is 8.27. The van der Waals surface area contributed by atoms with Gasteiger partial charge in [-0.2, -0.15) is 5.48 Å². The van der Waals surface area contributed by atoms with Crippen molar-refractivity contribution in [2.45, 2.75) is 38.8 Å². The molecule has 1 aromatic carbocycles. The van der Waals surface area contributed by atoms with Gasteiger partial charge in [0.05, 0.1) is 0 Å². The van der Waals surface area contributed by atoms with Gasteiger partial charge in [0.1, 0.15) is 12.6 Å². The van der Waals surface area contributed by atoms with E-state index in [1.165, 1.54) is 0 Å². The third-order valence-corrected chi connectivity index (χ3v) is 2.51. The average molecular weight is 237 g/mol. The van der Waals surface area contributed by atoms with Crippen molar-refractivity contribution in [3.8, 4) is 0 Å². The zero-order valence-electron chi connectivity index (χ0n) is 10.1. The highest BCUT2D eigenvalue weighted by Crippen LogP contribution is 2.05. The highest BCUT2D eigenvalue weighted by molar-refractivity contribution is 5.75. The Bertz CT molecular complexity index is 327. The Labute approximate surface area is 102 Å². The summed E-state index contributed by atoms with van der Waals surface area (Å²) in [6.07, 6.45) is 2.43. The Morgan fingerprint density at radius 1 is 1.41 bits per heavy atom. The predicted octanol–water partition coefficient (Wildman–Crippen LogP) is 2.27. The lowest BCUT2D eigenvalue weighted by atomic mass is 10.1. The molecular weight excluding hydrogens is 218 g/mol. The van der Waals surface area contributed by atoms with E-state index in [9.17, 15) is 4.79 Å². The van der Waals surface area contributed by atoms with E-state index in [0.717, 1.165) is 18.4 Å². The normalized spacial score (nSPS) is 12.1. The Kier molecular flexibility index (Phi) is 6.29. The van der Waals surface area contributed by atoms with Gasteiger partial charge < -0.3 is 9.94 Å². The number of nitrogens with one attached hydrogen (secondary N) is 1. The molecule has 0 amide bonds. The number of hydrogen-bond acceptors (Lipinski definition) is 4. The van der Waals surface area contributed by atoms with Crippen molar-refractivity contribution in [2.75, 3.05) is 0 Å². The van der Waals surface area contributed by atoms with Gasteiger partial charge in [0, 0.05) is 0 Å². The zero-order chi connectivity index (χ0) is 12.5. The zero-order valence-corrected chi connectivity index (χ0v) is 10.1. The number of rotatable bonds is 7. The standard InChI is InChI=1S/C13H19NO3/c1-2-3-9-12(14-16)13(15)17-10-11-7-5-4-6-8-11/h4-8,12,14,16H,2-3,9-10H2,1H3/t12-/m0/s1. The quantitative estimate of drug-likeness (QED) is 0.564. The van der Waals surface area contributed by atoms with Gasteiger partial charge in [-0.25, -0.2) is 0 Å². The molecule has 1 aromatic rings. The Balaban J connectivity index is 2.37. The number of hydroxylamine groups is 1. The van der Waals surface area contributed by atoms with Crippen LogP contribution < -0.4 is 5.48 Å². The molecule has 0 saturated heterocycles. The number of carbonyl (C=O) groups is 1. The van der Waals surface area contributed by atoms with E-state index in [-0.39, 0.29) is 6.61 Å². The van der Waals surface area contributed by atoms with Crippen LogP contribution in [0.3, 0.4) is 0 Å². The van der Waals surface area contributed by atoms with E-state index in [1.54, 1.807) is 0 Å². The molecule has 0 aliphatic heterocycles. The number of carbonyl (C=O) groups excluding carboxylic acids is 1. The van der Waals surface area contributed by atoms with Gasteiger partial charge in [-0.05, 0) is 12.0 Å². The Morgan fingerprint density at radius 3 is 2.71 bits per heavy atom. The molecule has 0 aliphatic rings. The highest BCUT2D eigenvalue weighted by Gasteiger charge is 2.18. The van der Waals surface area contributed by atoms with Gasteiger partial charge in [0.15, 0.2) is 0 Å². The summed E-state index contributed by atoms with van der Waals surface area (Å²) in [4.78, 5) is 11.6. The second-order valence-corrected chi connectivity index (χ2v) is 3.92. The molecule has 94 valence electrons. The molecule has 1 atom stereocenters. The van der Waals surface area contributed by atoms with Gasteiger partial charge in [0.25, 0.3) is 0 Å². The highest BCUT2D eigenvalue weighted by atomic mass is 16.5. The van der Waals surface area contributed by atoms with E-state index < -0.39 is 12.0 Å². The monoisotopic (exact) mass is 237 g/mol. The van der Waals surface area contributed by atoms with Crippen LogP contribution in [0.2, 0.25) is 0 Å². The van der Waals surface area contributed by atoms with Crippen LogP contribution >= 0.6 is 0 Å². The van der Waals surface area contributed by atoms with Crippen molar-refractivity contribution < 1.29 is 14.7 Å².